The second-order valence-electron chi connectivity index (χ2n) is 11.3. The molecule has 2 aliphatic heterocycles. The first-order chi connectivity index (χ1) is 19.2. The van der Waals surface area contributed by atoms with Crippen molar-refractivity contribution in [1.29, 1.82) is 0 Å². The smallest absolute Gasteiger partial charge is 1.00 e. The molecule has 2 aliphatic carbocycles. The van der Waals surface area contributed by atoms with Crippen molar-refractivity contribution in [2.45, 2.75) is 81.1 Å². The van der Waals surface area contributed by atoms with Crippen molar-refractivity contribution < 1.29 is 51.0 Å². The average molecular weight is 723 g/mol. The van der Waals surface area contributed by atoms with Gasteiger partial charge in [0.25, 0.3) is 0 Å². The Balaban J connectivity index is 0.000000281. The van der Waals surface area contributed by atoms with Gasteiger partial charge in [0, 0.05) is 10.6 Å². The van der Waals surface area contributed by atoms with Crippen LogP contribution in [0.1, 0.15) is 88.8 Å². The average Bonchev–Trinajstić information content (AvgIpc) is 3.70. The molecular weight excluding hydrogens is 680 g/mol. The zero-order valence-electron chi connectivity index (χ0n) is 26.8. The van der Waals surface area contributed by atoms with Gasteiger partial charge >= 0.3 is 26.2 Å². The first kappa shape index (κ1) is 37.9. The first-order valence-electron chi connectivity index (χ1n) is 14.9. The molecule has 2 aromatic rings. The predicted octanol–water partition coefficient (Wildman–Crippen LogP) is 5.13. The molecule has 0 spiro atoms. The van der Waals surface area contributed by atoms with E-state index in [9.17, 15) is 0 Å². The van der Waals surface area contributed by atoms with Crippen LogP contribution in [0.3, 0.4) is 0 Å². The summed E-state index contributed by atoms with van der Waals surface area (Å²) in [5.41, 5.74) is 17.2. The fraction of sp³-hybridized carbons (Fsp3) is 0.316. The Morgan fingerprint density at radius 1 is 0.442 bits per heavy atom. The summed E-state index contributed by atoms with van der Waals surface area (Å²) in [7, 11) is 2.79. The molecule has 0 unspecified atom stereocenters. The summed E-state index contributed by atoms with van der Waals surface area (Å²) in [5, 5.41) is 5.94. The number of hydrogen-bond acceptors (Lipinski definition) is 0. The van der Waals surface area contributed by atoms with Crippen molar-refractivity contribution in [3.63, 3.8) is 0 Å². The van der Waals surface area contributed by atoms with Crippen LogP contribution in [0.25, 0.3) is 11.1 Å². The minimum atomic E-state index is 0. The maximum atomic E-state index is 2.37. The third-order valence-electron chi connectivity index (χ3n) is 8.20. The van der Waals surface area contributed by atoms with Gasteiger partial charge in [0.15, 0.2) is 0 Å². The molecule has 2 aromatic carbocycles. The number of halogens is 2. The van der Waals surface area contributed by atoms with Crippen LogP contribution in [0, 0.1) is 0 Å². The van der Waals surface area contributed by atoms with Gasteiger partial charge in [-0.15, -0.1) is 0 Å². The molecule has 6 rings (SSSR count). The van der Waals surface area contributed by atoms with E-state index in [-0.39, 0.29) is 51.0 Å². The van der Waals surface area contributed by atoms with Crippen LogP contribution in [0.5, 0.6) is 0 Å². The molecule has 0 atom stereocenters. The maximum Gasteiger partial charge on any atom is 2.00 e. The van der Waals surface area contributed by atoms with Crippen LogP contribution in [0.4, 0.5) is 0 Å². The molecule has 0 nitrogen and oxygen atoms in total. The summed E-state index contributed by atoms with van der Waals surface area (Å²) in [5.74, 6) is 0. The van der Waals surface area contributed by atoms with Gasteiger partial charge in [-0.2, -0.15) is 0 Å². The monoisotopic (exact) mass is 720 g/mol. The van der Waals surface area contributed by atoms with Gasteiger partial charge in [-0.3, -0.25) is 0 Å². The van der Waals surface area contributed by atoms with E-state index < -0.39 is 0 Å². The topological polar surface area (TPSA) is 0 Å². The Kier molecular flexibility index (Phi) is 14.4. The fourth-order valence-corrected chi connectivity index (χ4v) is 8.15. The molecule has 5 heteroatoms. The molecule has 0 saturated heterocycles. The molecule has 0 amide bonds. The first-order valence-corrected chi connectivity index (χ1v) is 16.7. The Morgan fingerprint density at radius 3 is 1.02 bits per heavy atom. The fourth-order valence-electron chi connectivity index (χ4n) is 5.96. The largest absolute Gasteiger partial charge is 2.00 e. The van der Waals surface area contributed by atoms with E-state index in [2.05, 4.69) is 116 Å². The van der Waals surface area contributed by atoms with Crippen LogP contribution in [-0.2, 0) is 51.9 Å². The number of allylic oxidation sites excluding steroid dienone is 12. The van der Waals surface area contributed by atoms with E-state index in [1.54, 1.807) is 0 Å². The molecule has 43 heavy (non-hydrogen) atoms. The summed E-state index contributed by atoms with van der Waals surface area (Å²) in [4.78, 5) is 0. The Labute approximate surface area is 295 Å². The molecular formula is C38H42Cl2P2Zr. The third kappa shape index (κ3) is 8.10. The summed E-state index contributed by atoms with van der Waals surface area (Å²) in [6.45, 7) is 17.9. The third-order valence-corrected chi connectivity index (χ3v) is 10.8. The number of hydrogen-bond donors (Lipinski definition) is 0. The maximum absolute atomic E-state index is 2.37. The van der Waals surface area contributed by atoms with Gasteiger partial charge in [0.1, 0.15) is 0 Å². The SMILES string of the molecule is CCc1cc(CC)cc(C2=CC(C)=C3P=C(C)C=C23)c1.CCc1cc(CC)cc(C2=CC(C)=C3P=C(C)C=C23)c1.[Cl-].[Cl-].[Zr+2]. The van der Waals surface area contributed by atoms with E-state index >= 15 is 0 Å². The van der Waals surface area contributed by atoms with Gasteiger partial charge in [0.2, 0.25) is 0 Å². The summed E-state index contributed by atoms with van der Waals surface area (Å²) in [6.07, 6.45) is 13.9. The number of fused-ring (bicyclic) bond motifs is 2. The van der Waals surface area contributed by atoms with Crippen LogP contribution >= 0.6 is 16.4 Å². The Morgan fingerprint density at radius 2 is 0.744 bits per heavy atom. The summed E-state index contributed by atoms with van der Waals surface area (Å²) < 4.78 is 0. The van der Waals surface area contributed by atoms with Crippen molar-refractivity contribution in [3.05, 3.63) is 127 Å². The van der Waals surface area contributed by atoms with Crippen molar-refractivity contribution in [3.8, 4) is 0 Å². The van der Waals surface area contributed by atoms with Crippen LogP contribution in [0.2, 0.25) is 0 Å². The Bertz CT molecular complexity index is 1490. The van der Waals surface area contributed by atoms with Gasteiger partial charge in [-0.25, -0.2) is 0 Å². The molecule has 0 fully saturated rings. The molecule has 0 bridgehead atoms. The molecule has 4 aliphatic rings. The molecule has 0 N–H and O–H groups in total. The standard InChI is InChI=1S/2C19H21P.2ClH.Zr/c2*1-5-14-9-15(6-2)11-16(10-14)17-7-12(3)19-18(17)8-13(4)20-19;;;/h2*7-11H,5-6H2,1-4H3;2*1H;/q;;;;+2/p-2. The predicted molar refractivity (Wildman–Crippen MR) is 183 cm³/mol. The van der Waals surface area contributed by atoms with Gasteiger partial charge in [0.05, 0.1) is 0 Å². The second-order valence-corrected chi connectivity index (χ2v) is 14.0. The van der Waals surface area contributed by atoms with Crippen LogP contribution in [0.15, 0.2) is 93.6 Å². The normalized spacial score (nSPS) is 16.7. The van der Waals surface area contributed by atoms with Crippen molar-refractivity contribution in [2.75, 3.05) is 0 Å². The quantitative estimate of drug-likeness (QED) is 0.364. The molecule has 0 aromatic heterocycles. The van der Waals surface area contributed by atoms with Crippen molar-refractivity contribution >= 4 is 38.1 Å². The van der Waals surface area contributed by atoms with Gasteiger partial charge < -0.3 is 24.8 Å². The summed E-state index contributed by atoms with van der Waals surface area (Å²) >= 11 is 0. The number of benzene rings is 2. The van der Waals surface area contributed by atoms with E-state index in [1.165, 1.54) is 104 Å². The second kappa shape index (κ2) is 16.3. The minimum absolute atomic E-state index is 0. The van der Waals surface area contributed by atoms with E-state index in [0.717, 1.165) is 25.7 Å². The molecule has 0 radical (unpaired) electrons. The van der Waals surface area contributed by atoms with Gasteiger partial charge in [-0.05, 0) is 155 Å². The van der Waals surface area contributed by atoms with Crippen molar-refractivity contribution in [1.82, 2.24) is 0 Å². The van der Waals surface area contributed by atoms with E-state index in [4.69, 9.17) is 0 Å². The molecule has 222 valence electrons. The molecule has 0 saturated carbocycles. The van der Waals surface area contributed by atoms with Crippen LogP contribution < -0.4 is 24.8 Å². The molecule has 2 heterocycles. The Hall–Kier alpha value is -1.32. The zero-order chi connectivity index (χ0) is 28.6. The van der Waals surface area contributed by atoms with E-state index in [0.29, 0.717) is 0 Å². The number of rotatable bonds is 6. The van der Waals surface area contributed by atoms with Gasteiger partial charge in [-0.1, -0.05) is 80.5 Å². The minimum Gasteiger partial charge on any atom is -1.00 e. The zero-order valence-corrected chi connectivity index (χ0v) is 32.5. The number of aryl methyl sites for hydroxylation is 4. The van der Waals surface area contributed by atoms with E-state index in [1.807, 2.05) is 0 Å². The summed E-state index contributed by atoms with van der Waals surface area (Å²) in [6, 6.07) is 14.2. The van der Waals surface area contributed by atoms with Crippen molar-refractivity contribution in [2.24, 2.45) is 0 Å². The van der Waals surface area contributed by atoms with Crippen LogP contribution in [-0.4, -0.2) is 10.6 Å².